The van der Waals surface area contributed by atoms with Gasteiger partial charge in [0, 0.05) is 29.7 Å². The molecule has 0 heterocycles. The first-order chi connectivity index (χ1) is 16.0. The maximum atomic E-state index is 13.2. The predicted octanol–water partition coefficient (Wildman–Crippen LogP) is 7.40. The molecule has 2 atom stereocenters. The van der Waals surface area contributed by atoms with Crippen LogP contribution in [0.1, 0.15) is 44.9 Å². The largest absolute Gasteiger partial charge is 0.484 e. The molecule has 1 unspecified atom stereocenters. The van der Waals surface area contributed by atoms with Crippen LogP contribution >= 0.6 is 11.6 Å². The van der Waals surface area contributed by atoms with Crippen molar-refractivity contribution in [1.82, 2.24) is 5.32 Å². The molecule has 2 aromatic carbocycles. The molecular weight excluding hydrogens is 437 g/mol. The van der Waals surface area contributed by atoms with Crippen LogP contribution in [-0.2, 0) is 0 Å². The number of hydrogen-bond donors (Lipinski definition) is 3. The third kappa shape index (κ3) is 9.54. The number of allylic oxidation sites excluding steroid dienone is 4. The zero-order chi connectivity index (χ0) is 24.6. The van der Waals surface area contributed by atoms with Gasteiger partial charge in [0.25, 0.3) is 0 Å². The molecule has 0 saturated heterocycles. The number of hydrogen-bond acceptors (Lipinski definition) is 4. The summed E-state index contributed by atoms with van der Waals surface area (Å²) in [6.07, 6.45) is 5.47. The first-order valence-electron chi connectivity index (χ1n) is 11.1. The highest BCUT2D eigenvalue weighted by molar-refractivity contribution is 6.19. The molecule has 0 saturated carbocycles. The van der Waals surface area contributed by atoms with Gasteiger partial charge in [-0.25, -0.2) is 4.39 Å². The molecule has 178 valence electrons. The molecule has 0 bridgehead atoms. The van der Waals surface area contributed by atoms with Gasteiger partial charge in [-0.15, -0.1) is 11.6 Å². The van der Waals surface area contributed by atoms with Gasteiger partial charge < -0.3 is 20.8 Å². The molecular formula is C27H35ClFN3O. The summed E-state index contributed by atoms with van der Waals surface area (Å²) in [6, 6.07) is 15.3. The molecule has 0 fully saturated rings. The van der Waals surface area contributed by atoms with E-state index in [1.165, 1.54) is 18.4 Å². The van der Waals surface area contributed by atoms with E-state index in [2.05, 4.69) is 17.2 Å². The molecule has 0 amide bonds. The van der Waals surface area contributed by atoms with Gasteiger partial charge in [0.1, 0.15) is 17.7 Å². The van der Waals surface area contributed by atoms with Crippen molar-refractivity contribution >= 4 is 23.5 Å². The Morgan fingerprint density at radius 2 is 1.91 bits per heavy atom. The van der Waals surface area contributed by atoms with Gasteiger partial charge in [-0.2, -0.15) is 0 Å². The lowest BCUT2D eigenvalue weighted by molar-refractivity contribution is 0.167. The number of anilines is 1. The Labute approximate surface area is 202 Å². The first kappa shape index (κ1) is 28.0. The lowest BCUT2D eigenvalue weighted by atomic mass is 10.0. The van der Waals surface area contributed by atoms with Gasteiger partial charge >= 0.3 is 0 Å². The Kier molecular flexibility index (Phi) is 13.3. The van der Waals surface area contributed by atoms with Crippen molar-refractivity contribution in [3.8, 4) is 5.75 Å². The second-order valence-corrected chi connectivity index (χ2v) is 7.24. The normalized spacial score (nSPS) is 12.8. The molecule has 0 aromatic heterocycles. The van der Waals surface area contributed by atoms with E-state index in [4.69, 9.17) is 21.7 Å². The van der Waals surface area contributed by atoms with Crippen molar-refractivity contribution in [2.45, 2.75) is 39.8 Å². The Balaban J connectivity index is 0.00000265. The number of alkyl halides is 1. The summed E-state index contributed by atoms with van der Waals surface area (Å²) in [5.74, 6) is 0.666. The summed E-state index contributed by atoms with van der Waals surface area (Å²) in [7, 11) is 0. The average molecular weight is 472 g/mol. The molecule has 0 aliphatic carbocycles. The summed E-state index contributed by atoms with van der Waals surface area (Å²) < 4.78 is 19.5. The second kappa shape index (κ2) is 15.7. The molecule has 2 rings (SSSR count). The Morgan fingerprint density at radius 3 is 2.52 bits per heavy atom. The highest BCUT2D eigenvalue weighted by Gasteiger charge is 2.22. The summed E-state index contributed by atoms with van der Waals surface area (Å²) in [6.45, 7) is 12.0. The van der Waals surface area contributed by atoms with Crippen LogP contribution in [0.3, 0.4) is 0 Å². The number of nitrogens with one attached hydrogen (secondary N) is 3. The standard InChI is InChI=1S/C25H29ClFN3O.C2H6/c1-4-22(27)11-8-14-29-24-13-12-23(15-21(24)17-28)31-25(19(3)30-18(2)16-26)20-9-6-5-7-10-20;1-2/h4-13,15,17,19,25,28-30H,2,14,16H2,1,3H3;1-2H3/b11-8-,22-4+,28-17?;/t19?,25-;/m0./s1. The Hall–Kier alpha value is -3.05. The van der Waals surface area contributed by atoms with Crippen molar-refractivity contribution < 1.29 is 9.13 Å². The van der Waals surface area contributed by atoms with Crippen molar-refractivity contribution in [2.24, 2.45) is 0 Å². The molecule has 0 aliphatic rings. The minimum Gasteiger partial charge on any atom is -0.484 e. The van der Waals surface area contributed by atoms with Crippen LogP contribution in [0, 0.1) is 5.41 Å². The van der Waals surface area contributed by atoms with Gasteiger partial charge in [0.15, 0.2) is 0 Å². The van der Waals surface area contributed by atoms with Crippen LogP contribution in [0.25, 0.3) is 0 Å². The number of benzene rings is 2. The Bertz CT molecular complexity index is 928. The van der Waals surface area contributed by atoms with Crippen LogP contribution in [0.2, 0.25) is 0 Å². The van der Waals surface area contributed by atoms with E-state index < -0.39 is 0 Å². The molecule has 3 N–H and O–H groups in total. The van der Waals surface area contributed by atoms with Gasteiger partial charge in [0.2, 0.25) is 0 Å². The van der Waals surface area contributed by atoms with Gasteiger partial charge in [-0.1, -0.05) is 62.9 Å². The van der Waals surface area contributed by atoms with Crippen molar-refractivity contribution in [3.63, 3.8) is 0 Å². The first-order valence-corrected chi connectivity index (χ1v) is 11.6. The smallest absolute Gasteiger partial charge is 0.143 e. The van der Waals surface area contributed by atoms with Crippen LogP contribution in [0.4, 0.5) is 10.1 Å². The van der Waals surface area contributed by atoms with Gasteiger partial charge in [0.05, 0.1) is 11.9 Å². The third-order valence-electron chi connectivity index (χ3n) is 4.58. The lowest BCUT2D eigenvalue weighted by Crippen LogP contribution is -2.34. The molecule has 2 aromatic rings. The Morgan fingerprint density at radius 1 is 1.21 bits per heavy atom. The molecule has 0 radical (unpaired) electrons. The van der Waals surface area contributed by atoms with E-state index in [9.17, 15) is 4.39 Å². The van der Waals surface area contributed by atoms with Crippen LogP contribution in [-0.4, -0.2) is 24.7 Å². The molecule has 4 nitrogen and oxygen atoms in total. The topological polar surface area (TPSA) is 57.1 Å². The van der Waals surface area contributed by atoms with E-state index in [1.807, 2.05) is 69.3 Å². The van der Waals surface area contributed by atoms with Crippen molar-refractivity contribution in [1.29, 1.82) is 5.41 Å². The predicted molar refractivity (Wildman–Crippen MR) is 140 cm³/mol. The molecule has 0 aliphatic heterocycles. The van der Waals surface area contributed by atoms with Gasteiger partial charge in [-0.05, 0) is 43.7 Å². The highest BCUT2D eigenvalue weighted by atomic mass is 35.5. The fourth-order valence-electron chi connectivity index (χ4n) is 3.02. The lowest BCUT2D eigenvalue weighted by Gasteiger charge is -2.28. The zero-order valence-corrected chi connectivity index (χ0v) is 20.6. The minimum absolute atomic E-state index is 0.0819. The van der Waals surface area contributed by atoms with E-state index in [0.717, 1.165) is 16.9 Å². The van der Waals surface area contributed by atoms with Crippen molar-refractivity contribution in [3.05, 3.63) is 96.0 Å². The second-order valence-electron chi connectivity index (χ2n) is 6.97. The summed E-state index contributed by atoms with van der Waals surface area (Å²) in [5, 5.41) is 14.2. The number of ether oxygens (including phenoxy) is 1. The fourth-order valence-corrected chi connectivity index (χ4v) is 3.09. The summed E-state index contributed by atoms with van der Waals surface area (Å²) in [4.78, 5) is 0. The summed E-state index contributed by atoms with van der Waals surface area (Å²) in [5.41, 5.74) is 3.18. The maximum absolute atomic E-state index is 13.2. The molecule has 6 heteroatoms. The van der Waals surface area contributed by atoms with Crippen LogP contribution in [0.5, 0.6) is 5.75 Å². The fraction of sp³-hybridized carbons (Fsp3) is 0.296. The van der Waals surface area contributed by atoms with Gasteiger partial charge in [-0.3, -0.25) is 0 Å². The third-order valence-corrected chi connectivity index (χ3v) is 4.90. The van der Waals surface area contributed by atoms with Crippen molar-refractivity contribution in [2.75, 3.05) is 17.7 Å². The van der Waals surface area contributed by atoms with E-state index in [1.54, 1.807) is 13.0 Å². The van der Waals surface area contributed by atoms with E-state index >= 15 is 0 Å². The minimum atomic E-state index is -0.288. The molecule has 0 spiro atoms. The summed E-state index contributed by atoms with van der Waals surface area (Å²) >= 11 is 5.88. The maximum Gasteiger partial charge on any atom is 0.143 e. The number of halogens is 2. The van der Waals surface area contributed by atoms with Crippen LogP contribution in [0.15, 0.2) is 84.9 Å². The zero-order valence-electron chi connectivity index (χ0n) is 19.9. The van der Waals surface area contributed by atoms with E-state index in [0.29, 0.717) is 23.7 Å². The van der Waals surface area contributed by atoms with E-state index in [-0.39, 0.29) is 18.0 Å². The number of rotatable bonds is 12. The van der Waals surface area contributed by atoms with Crippen LogP contribution < -0.4 is 15.4 Å². The highest BCUT2D eigenvalue weighted by Crippen LogP contribution is 2.28. The molecule has 33 heavy (non-hydrogen) atoms. The monoisotopic (exact) mass is 471 g/mol. The average Bonchev–Trinajstić information content (AvgIpc) is 2.86. The SMILES string of the molecule is C=C(CCl)NC(C)[C@H](Oc1ccc(NC/C=C\C(F)=C/C)c(C=N)c1)c1ccccc1.CC. The quantitative estimate of drug-likeness (QED) is 0.172.